The first-order valence-corrected chi connectivity index (χ1v) is 10.4. The lowest BCUT2D eigenvalue weighted by molar-refractivity contribution is 0.111. The number of aromatic nitrogens is 1. The van der Waals surface area contributed by atoms with E-state index < -0.39 is 27.4 Å². The van der Waals surface area contributed by atoms with Gasteiger partial charge in [-0.2, -0.15) is 8.42 Å². The normalized spacial score (nSPS) is 11.4. The third-order valence-corrected chi connectivity index (χ3v) is 4.99. The monoisotopic (exact) mass is 413 g/mol. The Bertz CT molecular complexity index is 1100. The number of rotatable bonds is 8. The van der Waals surface area contributed by atoms with Crippen LogP contribution in [0.15, 0.2) is 77.7 Å². The Kier molecular flexibility index (Phi) is 6.26. The predicted octanol–water partition coefficient (Wildman–Crippen LogP) is 2.72. The first-order valence-electron chi connectivity index (χ1n) is 8.79. The molecule has 1 N–H and O–H groups in total. The van der Waals surface area contributed by atoms with Crippen LogP contribution in [0.3, 0.4) is 0 Å². The molecule has 2 aromatic carbocycles. The molecule has 150 valence electrons. The van der Waals surface area contributed by atoms with Crippen LogP contribution in [-0.2, 0) is 16.7 Å². The molecule has 3 aromatic rings. The minimum atomic E-state index is -4.23. The van der Waals surface area contributed by atoms with Crippen LogP contribution in [0.5, 0.6) is 5.75 Å². The van der Waals surface area contributed by atoms with Crippen molar-refractivity contribution in [3.8, 4) is 5.75 Å². The average Bonchev–Trinajstić information content (AvgIpc) is 2.72. The van der Waals surface area contributed by atoms with Crippen molar-refractivity contribution < 1.29 is 22.5 Å². The summed E-state index contributed by atoms with van der Waals surface area (Å²) >= 11 is 0. The van der Waals surface area contributed by atoms with Gasteiger partial charge in [-0.25, -0.2) is 0 Å². The lowest BCUT2D eigenvalue weighted by Crippen LogP contribution is -2.20. The molecule has 0 aliphatic rings. The summed E-state index contributed by atoms with van der Waals surface area (Å²) in [6, 6.07) is 19.7. The van der Waals surface area contributed by atoms with Gasteiger partial charge in [0.05, 0.1) is 17.6 Å². The van der Waals surface area contributed by atoms with E-state index in [0.717, 1.165) is 17.2 Å². The van der Waals surface area contributed by atoms with Crippen LogP contribution in [0.25, 0.3) is 0 Å². The van der Waals surface area contributed by atoms with Crippen LogP contribution in [-0.4, -0.2) is 29.6 Å². The number of carbonyl (C=O) groups is 1. The smallest absolute Gasteiger partial charge is 0.266 e. The maximum Gasteiger partial charge on any atom is 0.266 e. The molecule has 0 atom stereocenters. The van der Waals surface area contributed by atoms with Crippen LogP contribution in [0.4, 0.5) is 0 Å². The van der Waals surface area contributed by atoms with Crippen LogP contribution in [0, 0.1) is 0 Å². The summed E-state index contributed by atoms with van der Waals surface area (Å²) in [6.45, 7) is -0.203. The summed E-state index contributed by atoms with van der Waals surface area (Å²) in [5, 5.41) is 0. The lowest BCUT2D eigenvalue weighted by Gasteiger charge is -2.21. The Hall–Kier alpha value is -3.23. The highest BCUT2D eigenvalue weighted by Crippen LogP contribution is 2.27. The van der Waals surface area contributed by atoms with Gasteiger partial charge in [-0.15, -0.1) is 0 Å². The van der Waals surface area contributed by atoms with E-state index in [2.05, 4.69) is 0 Å². The molecule has 0 amide bonds. The molecule has 1 aromatic heterocycles. The Balaban J connectivity index is 2.01. The fourth-order valence-corrected chi connectivity index (χ4v) is 3.30. The number of pyridine rings is 1. The molecule has 0 unspecified atom stereocenters. The van der Waals surface area contributed by atoms with Gasteiger partial charge in [-0.1, -0.05) is 60.7 Å². The highest BCUT2D eigenvalue weighted by Gasteiger charge is 2.19. The molecule has 1 heterocycles. The maximum absolute atomic E-state index is 12.5. The van der Waals surface area contributed by atoms with E-state index in [1.807, 2.05) is 60.7 Å². The van der Waals surface area contributed by atoms with E-state index in [1.54, 1.807) is 0 Å². The summed E-state index contributed by atoms with van der Waals surface area (Å²) in [4.78, 5) is 23.8. The van der Waals surface area contributed by atoms with Crippen LogP contribution < -0.4 is 10.2 Å². The summed E-state index contributed by atoms with van der Waals surface area (Å²) in [7, 11) is -4.23. The molecule has 0 bridgehead atoms. The van der Waals surface area contributed by atoms with Gasteiger partial charge < -0.3 is 9.30 Å². The molecule has 0 fully saturated rings. The molecule has 29 heavy (non-hydrogen) atoms. The van der Waals surface area contributed by atoms with Crippen molar-refractivity contribution in [3.05, 3.63) is 100.0 Å². The zero-order valence-electron chi connectivity index (χ0n) is 15.3. The molecule has 0 radical (unpaired) electrons. The summed E-state index contributed by atoms with van der Waals surface area (Å²) < 4.78 is 38.4. The number of aldehydes is 1. The van der Waals surface area contributed by atoms with Crippen molar-refractivity contribution in [1.82, 2.24) is 4.57 Å². The molecule has 3 rings (SSSR count). The third-order valence-electron chi connectivity index (χ3n) is 4.29. The second-order valence-corrected chi connectivity index (χ2v) is 7.92. The number of hydrogen-bond acceptors (Lipinski definition) is 5. The summed E-state index contributed by atoms with van der Waals surface area (Å²) in [6.07, 6.45) is 1.15. The van der Waals surface area contributed by atoms with Crippen LogP contribution in [0.1, 0.15) is 27.7 Å². The van der Waals surface area contributed by atoms with Crippen molar-refractivity contribution in [2.45, 2.75) is 12.6 Å². The van der Waals surface area contributed by atoms with Crippen LogP contribution in [0.2, 0.25) is 0 Å². The lowest BCUT2D eigenvalue weighted by atomic mass is 10.0. The second-order valence-electron chi connectivity index (χ2n) is 6.34. The third kappa shape index (κ3) is 5.40. The molecule has 0 aliphatic carbocycles. The Morgan fingerprint density at radius 2 is 1.55 bits per heavy atom. The van der Waals surface area contributed by atoms with E-state index in [9.17, 15) is 18.0 Å². The van der Waals surface area contributed by atoms with Crippen molar-refractivity contribution in [2.24, 2.45) is 0 Å². The topological polar surface area (TPSA) is 103 Å². The molecule has 0 spiro atoms. The minimum Gasteiger partial charge on any atom is -0.475 e. The van der Waals surface area contributed by atoms with Crippen LogP contribution >= 0.6 is 0 Å². The zero-order chi connectivity index (χ0) is 20.9. The molecule has 8 heteroatoms. The van der Waals surface area contributed by atoms with Crippen molar-refractivity contribution in [1.29, 1.82) is 0 Å². The van der Waals surface area contributed by atoms with Crippen molar-refractivity contribution in [2.75, 3.05) is 5.75 Å². The molecule has 0 aliphatic heterocycles. The van der Waals surface area contributed by atoms with Gasteiger partial charge in [0.1, 0.15) is 6.10 Å². The molecular formula is C21H19NO6S. The molecular weight excluding hydrogens is 394 g/mol. The van der Waals surface area contributed by atoms with Crippen molar-refractivity contribution in [3.63, 3.8) is 0 Å². The fraction of sp³-hybridized carbons (Fsp3) is 0.143. The summed E-state index contributed by atoms with van der Waals surface area (Å²) in [5.41, 5.74) is 1.12. The van der Waals surface area contributed by atoms with Gasteiger partial charge in [-0.05, 0) is 11.1 Å². The van der Waals surface area contributed by atoms with E-state index >= 15 is 0 Å². The number of hydrogen-bond donors (Lipinski definition) is 1. The average molecular weight is 413 g/mol. The SMILES string of the molecule is O=Cc1cc(=O)c(OC(c2ccccc2)c2ccccc2)cn1CCS(=O)(=O)O. The number of ether oxygens (including phenoxy) is 1. The van der Waals surface area contributed by atoms with Gasteiger partial charge in [0.25, 0.3) is 10.1 Å². The largest absolute Gasteiger partial charge is 0.475 e. The first kappa shape index (κ1) is 20.5. The standard InChI is InChI=1S/C21H19NO6S/c23-15-18-13-19(24)20(14-22(18)11-12-29(25,26)27)28-21(16-7-3-1-4-8-16)17-9-5-2-6-10-17/h1-10,13-15,21H,11-12H2,(H,25,26,27). The van der Waals surface area contributed by atoms with Gasteiger partial charge in [0.15, 0.2) is 12.0 Å². The molecule has 7 nitrogen and oxygen atoms in total. The van der Waals surface area contributed by atoms with E-state index in [1.165, 1.54) is 10.8 Å². The Labute approximate surface area is 168 Å². The number of carbonyl (C=O) groups excluding carboxylic acids is 1. The van der Waals surface area contributed by atoms with Gasteiger partial charge in [0, 0.05) is 12.6 Å². The fourth-order valence-electron chi connectivity index (χ4n) is 2.88. The van der Waals surface area contributed by atoms with E-state index in [4.69, 9.17) is 9.29 Å². The summed E-state index contributed by atoms with van der Waals surface area (Å²) in [5.74, 6) is -0.639. The first-order chi connectivity index (χ1) is 13.9. The van der Waals surface area contributed by atoms with Gasteiger partial charge in [0.2, 0.25) is 5.43 Å². The zero-order valence-corrected chi connectivity index (χ0v) is 16.2. The highest BCUT2D eigenvalue weighted by atomic mass is 32.2. The molecule has 0 saturated carbocycles. The number of aryl methyl sites for hydroxylation is 1. The van der Waals surface area contributed by atoms with E-state index in [0.29, 0.717) is 6.29 Å². The predicted molar refractivity (Wildman–Crippen MR) is 108 cm³/mol. The second kappa shape index (κ2) is 8.85. The quantitative estimate of drug-likeness (QED) is 0.450. The van der Waals surface area contributed by atoms with Gasteiger partial charge >= 0.3 is 0 Å². The van der Waals surface area contributed by atoms with E-state index in [-0.39, 0.29) is 18.0 Å². The molecule has 0 saturated heterocycles. The van der Waals surface area contributed by atoms with Crippen molar-refractivity contribution >= 4 is 16.4 Å². The Morgan fingerprint density at radius 3 is 2.03 bits per heavy atom. The number of nitrogens with zero attached hydrogens (tertiary/aromatic N) is 1. The minimum absolute atomic E-state index is 0.0121. The Morgan fingerprint density at radius 1 is 1.00 bits per heavy atom. The maximum atomic E-state index is 12.5. The van der Waals surface area contributed by atoms with Gasteiger partial charge in [-0.3, -0.25) is 14.1 Å². The highest BCUT2D eigenvalue weighted by molar-refractivity contribution is 7.85. The number of benzene rings is 2.